The third-order valence-corrected chi connectivity index (χ3v) is 3.89. The van der Waals surface area contributed by atoms with Crippen LogP contribution in [0.3, 0.4) is 0 Å². The molecule has 2 N–H and O–H groups in total. The Kier molecular flexibility index (Phi) is 5.87. The van der Waals surface area contributed by atoms with E-state index in [1.165, 1.54) is 0 Å². The maximum atomic E-state index is 11.2. The van der Waals surface area contributed by atoms with Gasteiger partial charge in [0.25, 0.3) is 5.91 Å². The second-order valence-electron chi connectivity index (χ2n) is 5.34. The second-order valence-corrected chi connectivity index (χ2v) is 5.34. The van der Waals surface area contributed by atoms with E-state index < -0.39 is 0 Å². The highest BCUT2D eigenvalue weighted by Crippen LogP contribution is 2.21. The van der Waals surface area contributed by atoms with E-state index in [1.807, 2.05) is 24.3 Å². The van der Waals surface area contributed by atoms with Crippen LogP contribution in [-0.2, 0) is 4.79 Å². The predicted octanol–water partition coefficient (Wildman–Crippen LogP) is 1.71. The Morgan fingerprint density at radius 1 is 1.38 bits per heavy atom. The van der Waals surface area contributed by atoms with Crippen molar-refractivity contribution in [1.82, 2.24) is 10.2 Å². The first-order chi connectivity index (χ1) is 10.2. The Bertz CT molecular complexity index is 457. The van der Waals surface area contributed by atoms with Crippen molar-refractivity contribution < 1.29 is 9.53 Å². The summed E-state index contributed by atoms with van der Waals surface area (Å²) in [5, 5.41) is 6.10. The largest absolute Gasteiger partial charge is 0.484 e. The Morgan fingerprint density at radius 2 is 2.14 bits per heavy atom. The van der Waals surface area contributed by atoms with Gasteiger partial charge in [0, 0.05) is 37.9 Å². The predicted molar refractivity (Wildman–Crippen MR) is 84.8 cm³/mol. The number of hydrogen-bond acceptors (Lipinski definition) is 4. The van der Waals surface area contributed by atoms with Crippen molar-refractivity contribution in [3.63, 3.8) is 0 Å². The van der Waals surface area contributed by atoms with E-state index in [-0.39, 0.29) is 12.5 Å². The van der Waals surface area contributed by atoms with Crippen molar-refractivity contribution in [1.29, 1.82) is 0 Å². The van der Waals surface area contributed by atoms with E-state index >= 15 is 0 Å². The van der Waals surface area contributed by atoms with Crippen LogP contribution in [0.2, 0.25) is 0 Å². The van der Waals surface area contributed by atoms with Crippen molar-refractivity contribution in [2.45, 2.75) is 25.8 Å². The van der Waals surface area contributed by atoms with Gasteiger partial charge in [-0.2, -0.15) is 0 Å². The normalized spacial score (nSPS) is 16.5. The summed E-state index contributed by atoms with van der Waals surface area (Å²) in [4.78, 5) is 13.7. The van der Waals surface area contributed by atoms with Crippen molar-refractivity contribution in [3.8, 4) is 5.75 Å². The lowest BCUT2D eigenvalue weighted by atomic mass is 10.0. The van der Waals surface area contributed by atoms with E-state index in [0.717, 1.165) is 43.9 Å². The smallest absolute Gasteiger partial charge is 0.257 e. The third kappa shape index (κ3) is 4.93. The molecule has 1 aromatic carbocycles. The summed E-state index contributed by atoms with van der Waals surface area (Å²) in [7, 11) is 1.60. The minimum atomic E-state index is -0.125. The lowest BCUT2D eigenvalue weighted by Crippen LogP contribution is -2.38. The van der Waals surface area contributed by atoms with Crippen molar-refractivity contribution in [2.75, 3.05) is 38.6 Å². The van der Waals surface area contributed by atoms with Crippen LogP contribution in [0, 0.1) is 0 Å². The number of piperidine rings is 1. The molecule has 0 radical (unpaired) electrons. The van der Waals surface area contributed by atoms with Crippen molar-refractivity contribution in [3.05, 3.63) is 24.3 Å². The van der Waals surface area contributed by atoms with Crippen LogP contribution in [0.1, 0.15) is 19.8 Å². The fourth-order valence-electron chi connectivity index (χ4n) is 2.53. The zero-order chi connectivity index (χ0) is 15.1. The van der Waals surface area contributed by atoms with Crippen LogP contribution in [0.4, 0.5) is 5.69 Å². The number of nitrogens with one attached hydrogen (secondary N) is 2. The third-order valence-electron chi connectivity index (χ3n) is 3.89. The zero-order valence-electron chi connectivity index (χ0n) is 12.9. The summed E-state index contributed by atoms with van der Waals surface area (Å²) in [6.45, 7) is 5.70. The van der Waals surface area contributed by atoms with Crippen LogP contribution < -0.4 is 15.4 Å². The molecule has 0 saturated carbocycles. The summed E-state index contributed by atoms with van der Waals surface area (Å²) >= 11 is 0. The average Bonchev–Trinajstić information content (AvgIpc) is 2.53. The van der Waals surface area contributed by atoms with Crippen LogP contribution in [0.15, 0.2) is 24.3 Å². The van der Waals surface area contributed by atoms with Crippen LogP contribution in [0.5, 0.6) is 5.75 Å². The quantitative estimate of drug-likeness (QED) is 0.838. The molecule has 0 spiro atoms. The number of hydrogen-bond donors (Lipinski definition) is 2. The number of amides is 1. The van der Waals surface area contributed by atoms with Crippen molar-refractivity contribution in [2.24, 2.45) is 0 Å². The van der Waals surface area contributed by atoms with E-state index in [2.05, 4.69) is 22.5 Å². The highest BCUT2D eigenvalue weighted by atomic mass is 16.5. The Balaban J connectivity index is 1.85. The molecule has 1 amide bonds. The first kappa shape index (κ1) is 15.6. The molecule has 2 rings (SSSR count). The Hall–Kier alpha value is -1.75. The number of likely N-dealkylation sites (tertiary alicyclic amines) is 1. The molecule has 1 heterocycles. The highest BCUT2D eigenvalue weighted by Gasteiger charge is 2.17. The summed E-state index contributed by atoms with van der Waals surface area (Å²) in [5.41, 5.74) is 1.05. The molecule has 1 aliphatic heterocycles. The van der Waals surface area contributed by atoms with Crippen LogP contribution in [-0.4, -0.2) is 50.1 Å². The maximum absolute atomic E-state index is 11.2. The van der Waals surface area contributed by atoms with Gasteiger partial charge < -0.3 is 20.3 Å². The van der Waals surface area contributed by atoms with Crippen LogP contribution >= 0.6 is 0 Å². The molecule has 0 aromatic heterocycles. The fourth-order valence-corrected chi connectivity index (χ4v) is 2.53. The molecule has 5 nitrogen and oxygen atoms in total. The van der Waals surface area contributed by atoms with Gasteiger partial charge in [0.2, 0.25) is 0 Å². The number of carbonyl (C=O) groups excluding carboxylic acids is 1. The molecule has 1 aromatic rings. The number of nitrogens with zero attached hydrogens (tertiary/aromatic N) is 1. The number of anilines is 1. The van der Waals surface area contributed by atoms with Crippen LogP contribution in [0.25, 0.3) is 0 Å². The van der Waals surface area contributed by atoms with E-state index in [0.29, 0.717) is 6.04 Å². The molecule has 116 valence electrons. The first-order valence-electron chi connectivity index (χ1n) is 7.63. The van der Waals surface area contributed by atoms with Gasteiger partial charge in [-0.1, -0.05) is 13.0 Å². The van der Waals surface area contributed by atoms with Gasteiger partial charge in [0.05, 0.1) is 0 Å². The highest BCUT2D eigenvalue weighted by molar-refractivity contribution is 5.77. The molecule has 0 aliphatic carbocycles. The lowest BCUT2D eigenvalue weighted by Gasteiger charge is -2.32. The summed E-state index contributed by atoms with van der Waals surface area (Å²) in [5.74, 6) is 0.592. The molecule has 1 fully saturated rings. The van der Waals surface area contributed by atoms with Gasteiger partial charge in [-0.3, -0.25) is 4.79 Å². The number of likely N-dealkylation sites (N-methyl/N-ethyl adjacent to an activating group) is 1. The number of benzene rings is 1. The van der Waals surface area contributed by atoms with Gasteiger partial charge >= 0.3 is 0 Å². The molecule has 0 atom stereocenters. The lowest BCUT2D eigenvalue weighted by molar-refractivity contribution is -0.122. The molecule has 1 aliphatic rings. The SMILES string of the molecule is CCN1CCC(Nc2cccc(OCC(=O)NC)c2)CC1. The summed E-state index contributed by atoms with van der Waals surface area (Å²) in [6.07, 6.45) is 2.33. The summed E-state index contributed by atoms with van der Waals surface area (Å²) in [6, 6.07) is 8.33. The number of carbonyl (C=O) groups is 1. The van der Waals surface area contributed by atoms with Gasteiger partial charge in [-0.15, -0.1) is 0 Å². The Labute approximate surface area is 126 Å². The second kappa shape index (κ2) is 7.88. The van der Waals surface area contributed by atoms with Gasteiger partial charge in [0.1, 0.15) is 5.75 Å². The monoisotopic (exact) mass is 291 g/mol. The van der Waals surface area contributed by atoms with Crippen molar-refractivity contribution >= 4 is 11.6 Å². The fraction of sp³-hybridized carbons (Fsp3) is 0.562. The van der Waals surface area contributed by atoms with E-state index in [9.17, 15) is 4.79 Å². The zero-order valence-corrected chi connectivity index (χ0v) is 12.9. The molecular weight excluding hydrogens is 266 g/mol. The number of ether oxygens (including phenoxy) is 1. The van der Waals surface area contributed by atoms with Gasteiger partial charge in [0.15, 0.2) is 6.61 Å². The Morgan fingerprint density at radius 3 is 2.81 bits per heavy atom. The first-order valence-corrected chi connectivity index (χ1v) is 7.63. The van der Waals surface area contributed by atoms with Gasteiger partial charge in [-0.25, -0.2) is 0 Å². The van der Waals surface area contributed by atoms with E-state index in [4.69, 9.17) is 4.74 Å². The average molecular weight is 291 g/mol. The van der Waals surface area contributed by atoms with Gasteiger partial charge in [-0.05, 0) is 31.5 Å². The minimum Gasteiger partial charge on any atom is -0.484 e. The molecule has 1 saturated heterocycles. The minimum absolute atomic E-state index is 0.0504. The molecule has 0 unspecified atom stereocenters. The maximum Gasteiger partial charge on any atom is 0.257 e. The summed E-state index contributed by atoms with van der Waals surface area (Å²) < 4.78 is 5.46. The molecule has 5 heteroatoms. The molecule has 21 heavy (non-hydrogen) atoms. The topological polar surface area (TPSA) is 53.6 Å². The standard InChI is InChI=1S/C16H25N3O2/c1-3-19-9-7-13(8-10-19)18-14-5-4-6-15(11-14)21-12-16(20)17-2/h4-6,11,13,18H,3,7-10,12H2,1-2H3,(H,17,20). The molecular formula is C16H25N3O2. The molecule has 0 bridgehead atoms. The van der Waals surface area contributed by atoms with E-state index in [1.54, 1.807) is 7.05 Å². The number of rotatable bonds is 6.